The zero-order valence-corrected chi connectivity index (χ0v) is 22.5. The Hall–Kier alpha value is -4.44. The number of methoxy groups -OCH3 is 2. The molecule has 0 radical (unpaired) electrons. The number of rotatable bonds is 7. The number of hydrogen-bond donors (Lipinski definition) is 1. The van der Waals surface area contributed by atoms with Crippen LogP contribution in [-0.4, -0.2) is 78.2 Å². The molecule has 2 saturated heterocycles. The lowest BCUT2D eigenvalue weighted by Gasteiger charge is -2.44. The van der Waals surface area contributed by atoms with Gasteiger partial charge in [-0.05, 0) is 60.7 Å². The molecule has 208 valence electrons. The predicted octanol–water partition coefficient (Wildman–Crippen LogP) is 2.89. The van der Waals surface area contributed by atoms with Crippen molar-refractivity contribution in [2.45, 2.75) is 31.2 Å². The minimum atomic E-state index is -1.01. The molecular formula is C30H32N4O6. The molecule has 5 rings (SSSR count). The van der Waals surface area contributed by atoms with Crippen molar-refractivity contribution in [3.05, 3.63) is 89.7 Å². The molecule has 0 saturated carbocycles. The van der Waals surface area contributed by atoms with Crippen LogP contribution in [0, 0.1) is 0 Å². The number of hydrogen-bond acceptors (Lipinski definition) is 7. The number of aromatic nitrogens is 1. The Bertz CT molecular complexity index is 1340. The Balaban J connectivity index is 1.35. The van der Waals surface area contributed by atoms with Crippen LogP contribution in [0.4, 0.5) is 0 Å². The van der Waals surface area contributed by atoms with Crippen molar-refractivity contribution >= 4 is 17.7 Å². The summed E-state index contributed by atoms with van der Waals surface area (Å²) >= 11 is 0. The topological polar surface area (TPSA) is 110 Å². The summed E-state index contributed by atoms with van der Waals surface area (Å²) in [5, 5.41) is 2.91. The van der Waals surface area contributed by atoms with Crippen molar-refractivity contribution in [2.24, 2.45) is 0 Å². The van der Waals surface area contributed by atoms with Gasteiger partial charge in [-0.1, -0.05) is 6.07 Å². The van der Waals surface area contributed by atoms with E-state index in [4.69, 9.17) is 14.2 Å². The maximum Gasteiger partial charge on any atom is 0.256 e. The molecule has 1 spiro atoms. The highest BCUT2D eigenvalue weighted by Crippen LogP contribution is 2.39. The summed E-state index contributed by atoms with van der Waals surface area (Å²) in [6, 6.07) is 18.4. The first-order valence-corrected chi connectivity index (χ1v) is 13.2. The van der Waals surface area contributed by atoms with Gasteiger partial charge < -0.3 is 24.4 Å². The van der Waals surface area contributed by atoms with Crippen LogP contribution in [0.3, 0.4) is 0 Å². The highest BCUT2D eigenvalue weighted by molar-refractivity contribution is 5.99. The summed E-state index contributed by atoms with van der Waals surface area (Å²) in [4.78, 5) is 48.1. The van der Waals surface area contributed by atoms with E-state index < -0.39 is 11.8 Å². The van der Waals surface area contributed by atoms with Crippen LogP contribution < -0.4 is 14.8 Å². The van der Waals surface area contributed by atoms with Gasteiger partial charge in [0.2, 0.25) is 5.91 Å². The minimum Gasteiger partial charge on any atom is -0.497 e. The van der Waals surface area contributed by atoms with Crippen molar-refractivity contribution in [1.29, 1.82) is 0 Å². The van der Waals surface area contributed by atoms with Crippen molar-refractivity contribution in [3.63, 3.8) is 0 Å². The normalized spacial score (nSPS) is 17.9. The van der Waals surface area contributed by atoms with E-state index in [0.717, 1.165) is 0 Å². The van der Waals surface area contributed by atoms with Gasteiger partial charge in [0, 0.05) is 43.3 Å². The molecular weight excluding hydrogens is 512 g/mol. The van der Waals surface area contributed by atoms with E-state index in [1.807, 2.05) is 12.1 Å². The second kappa shape index (κ2) is 11.7. The monoisotopic (exact) mass is 544 g/mol. The van der Waals surface area contributed by atoms with Crippen LogP contribution in [0.15, 0.2) is 72.9 Å². The van der Waals surface area contributed by atoms with E-state index in [-0.39, 0.29) is 30.9 Å². The van der Waals surface area contributed by atoms with Gasteiger partial charge in [0.15, 0.2) is 0 Å². The molecule has 2 aliphatic rings. The van der Waals surface area contributed by atoms with E-state index >= 15 is 0 Å². The lowest BCUT2D eigenvalue weighted by Crippen LogP contribution is -2.59. The van der Waals surface area contributed by atoms with Gasteiger partial charge in [0.05, 0.1) is 33.1 Å². The fourth-order valence-corrected chi connectivity index (χ4v) is 5.21. The first kappa shape index (κ1) is 27.1. The molecule has 1 N–H and O–H groups in total. The number of ether oxygens (including phenoxy) is 3. The molecule has 2 aromatic carbocycles. The van der Waals surface area contributed by atoms with E-state index in [9.17, 15) is 14.4 Å². The second-order valence-electron chi connectivity index (χ2n) is 9.74. The van der Waals surface area contributed by atoms with Crippen LogP contribution in [-0.2, 0) is 16.1 Å². The Kier molecular flexibility index (Phi) is 7.97. The molecule has 2 fully saturated rings. The van der Waals surface area contributed by atoms with Crippen molar-refractivity contribution in [2.75, 3.05) is 33.9 Å². The van der Waals surface area contributed by atoms with E-state index in [1.165, 1.54) is 0 Å². The zero-order valence-electron chi connectivity index (χ0n) is 22.5. The van der Waals surface area contributed by atoms with Gasteiger partial charge in [-0.15, -0.1) is 0 Å². The lowest BCUT2D eigenvalue weighted by atomic mass is 9.96. The third kappa shape index (κ3) is 5.48. The third-order valence-electron chi connectivity index (χ3n) is 7.46. The standard InChI is InChI=1S/C30H32N4O6/c1-38-24-10-6-21(7-11-24)28(36)33-17-14-30(15-18-33)34(29(37)22-8-12-25(39-2)13-9-22)26(20-40-30)27(35)32-19-23-5-3-4-16-31-23/h3-13,16,26H,14-15,17-20H2,1-2H3,(H,32,35)/t26-/m0/s1. The summed E-state index contributed by atoms with van der Waals surface area (Å²) in [7, 11) is 3.14. The molecule has 40 heavy (non-hydrogen) atoms. The molecule has 3 amide bonds. The molecule has 10 heteroatoms. The first-order chi connectivity index (χ1) is 19.4. The number of benzene rings is 2. The summed E-state index contributed by atoms with van der Waals surface area (Å²) in [5.41, 5.74) is 0.676. The van der Waals surface area contributed by atoms with Crippen LogP contribution in [0.5, 0.6) is 11.5 Å². The summed E-state index contributed by atoms with van der Waals surface area (Å²) < 4.78 is 16.7. The van der Waals surface area contributed by atoms with E-state index in [2.05, 4.69) is 10.3 Å². The minimum absolute atomic E-state index is 0.0579. The van der Waals surface area contributed by atoms with Crippen LogP contribution >= 0.6 is 0 Å². The average Bonchev–Trinajstić information content (AvgIpc) is 3.38. The molecule has 2 aliphatic heterocycles. The summed E-state index contributed by atoms with van der Waals surface area (Å²) in [6.07, 6.45) is 2.41. The Morgan fingerprint density at radius 1 is 0.900 bits per heavy atom. The van der Waals surface area contributed by atoms with Gasteiger partial charge in [0.1, 0.15) is 23.3 Å². The second-order valence-corrected chi connectivity index (χ2v) is 9.74. The van der Waals surface area contributed by atoms with Gasteiger partial charge in [-0.25, -0.2) is 0 Å². The molecule has 3 aromatic rings. The number of nitrogens with one attached hydrogen (secondary N) is 1. The first-order valence-electron chi connectivity index (χ1n) is 13.2. The Morgan fingerprint density at radius 3 is 2.05 bits per heavy atom. The molecule has 1 aromatic heterocycles. The van der Waals surface area contributed by atoms with Gasteiger partial charge in [-0.3, -0.25) is 24.3 Å². The molecule has 0 bridgehead atoms. The van der Waals surface area contributed by atoms with Crippen LogP contribution in [0.1, 0.15) is 39.3 Å². The quantitative estimate of drug-likeness (QED) is 0.487. The maximum absolute atomic E-state index is 13.9. The molecule has 1 atom stereocenters. The highest BCUT2D eigenvalue weighted by atomic mass is 16.5. The number of carbonyl (C=O) groups is 3. The van der Waals surface area contributed by atoms with Crippen molar-refractivity contribution in [3.8, 4) is 11.5 Å². The third-order valence-corrected chi connectivity index (χ3v) is 7.46. The van der Waals surface area contributed by atoms with Gasteiger partial charge in [-0.2, -0.15) is 0 Å². The van der Waals surface area contributed by atoms with Gasteiger partial charge in [0.25, 0.3) is 11.8 Å². The molecule has 3 heterocycles. The lowest BCUT2D eigenvalue weighted by molar-refractivity contribution is -0.128. The van der Waals surface area contributed by atoms with E-state index in [0.29, 0.717) is 54.3 Å². The highest BCUT2D eigenvalue weighted by Gasteiger charge is 2.54. The summed E-state index contributed by atoms with van der Waals surface area (Å²) in [5.74, 6) is 0.565. The molecule has 10 nitrogen and oxygen atoms in total. The largest absolute Gasteiger partial charge is 0.497 e. The maximum atomic E-state index is 13.9. The summed E-state index contributed by atoms with van der Waals surface area (Å²) in [6.45, 7) is 1.04. The number of amides is 3. The Labute approximate surface area is 232 Å². The number of piperidine rings is 1. The van der Waals surface area contributed by atoms with Crippen molar-refractivity contribution < 1.29 is 28.6 Å². The average molecular weight is 545 g/mol. The number of nitrogens with zero attached hydrogens (tertiary/aromatic N) is 3. The molecule has 0 aliphatic carbocycles. The van der Waals surface area contributed by atoms with Crippen LogP contribution in [0.2, 0.25) is 0 Å². The van der Waals surface area contributed by atoms with E-state index in [1.54, 1.807) is 84.8 Å². The number of likely N-dealkylation sites (tertiary alicyclic amines) is 1. The predicted molar refractivity (Wildman–Crippen MR) is 146 cm³/mol. The fraction of sp³-hybridized carbons (Fsp3) is 0.333. The van der Waals surface area contributed by atoms with Crippen LogP contribution in [0.25, 0.3) is 0 Å². The van der Waals surface area contributed by atoms with Crippen molar-refractivity contribution in [1.82, 2.24) is 20.1 Å². The fourth-order valence-electron chi connectivity index (χ4n) is 5.21. The smallest absolute Gasteiger partial charge is 0.256 e. The molecule has 0 unspecified atom stereocenters. The number of carbonyl (C=O) groups excluding carboxylic acids is 3. The Morgan fingerprint density at radius 2 is 1.50 bits per heavy atom. The zero-order chi connectivity index (χ0) is 28.1. The SMILES string of the molecule is COc1ccc(C(=O)N2CCC3(CC2)OC[C@@H](C(=O)NCc2ccccn2)N3C(=O)c2ccc(OC)cc2)cc1. The van der Waals surface area contributed by atoms with Gasteiger partial charge >= 0.3 is 0 Å². The number of pyridine rings is 1.